The first kappa shape index (κ1) is 20.6. The summed E-state index contributed by atoms with van der Waals surface area (Å²) in [7, 11) is 0. The van der Waals surface area contributed by atoms with E-state index in [1.54, 1.807) is 22.5 Å². The fraction of sp³-hybridized carbons (Fsp3) is 0.292. The van der Waals surface area contributed by atoms with E-state index in [2.05, 4.69) is 10.3 Å². The van der Waals surface area contributed by atoms with E-state index in [1.165, 1.54) is 11.3 Å². The Morgan fingerprint density at radius 3 is 3.00 bits per heavy atom. The van der Waals surface area contributed by atoms with Gasteiger partial charge in [0, 0.05) is 35.2 Å². The highest BCUT2D eigenvalue weighted by Crippen LogP contribution is 2.36. The largest absolute Gasteiger partial charge is 0.326 e. The Bertz CT molecular complexity index is 1440. The number of benzene rings is 1. The van der Waals surface area contributed by atoms with Gasteiger partial charge in [-0.05, 0) is 49.9 Å². The quantitative estimate of drug-likeness (QED) is 0.441. The van der Waals surface area contributed by atoms with Gasteiger partial charge in [-0.1, -0.05) is 35.2 Å². The molecule has 1 unspecified atom stereocenters. The molecule has 166 valence electrons. The van der Waals surface area contributed by atoms with Gasteiger partial charge in [-0.15, -0.1) is 0 Å². The first-order chi connectivity index (χ1) is 16.1. The SMILES string of the molecule is Cc1c(NC(=O)CC2CSc3nc4c(c(=O)n32)CCC4)cccc1-c1nc2cccnc2s1. The van der Waals surface area contributed by atoms with Crippen LogP contribution in [0.1, 0.15) is 35.7 Å². The number of carbonyl (C=O) groups is 1. The standard InChI is InChI=1S/C24H21N5O2S2/c1-13-15(21-27-19-9-4-10-25-22(19)33-21)5-2-7-17(13)26-20(30)11-14-12-32-24-28-18-8-3-6-16(18)23(31)29(14)24/h2,4-5,7,9-10,14H,3,6,8,11-12H2,1H3,(H,26,30). The fourth-order valence-corrected chi connectivity index (χ4v) is 6.75. The molecule has 7 nitrogen and oxygen atoms in total. The Morgan fingerprint density at radius 1 is 1.21 bits per heavy atom. The van der Waals surface area contributed by atoms with Gasteiger partial charge in [0.2, 0.25) is 5.91 Å². The molecule has 33 heavy (non-hydrogen) atoms. The number of hydrogen-bond acceptors (Lipinski definition) is 7. The second kappa shape index (κ2) is 8.07. The van der Waals surface area contributed by atoms with Crippen molar-refractivity contribution in [3.63, 3.8) is 0 Å². The summed E-state index contributed by atoms with van der Waals surface area (Å²) in [6.45, 7) is 1.99. The molecule has 4 aromatic rings. The lowest BCUT2D eigenvalue weighted by atomic mass is 10.1. The van der Waals surface area contributed by atoms with Gasteiger partial charge in [-0.3, -0.25) is 14.2 Å². The van der Waals surface area contributed by atoms with Crippen molar-refractivity contribution in [2.45, 2.75) is 43.8 Å². The highest BCUT2D eigenvalue weighted by molar-refractivity contribution is 7.99. The van der Waals surface area contributed by atoms with Gasteiger partial charge < -0.3 is 5.32 Å². The Balaban J connectivity index is 1.24. The normalized spacial score (nSPS) is 16.7. The first-order valence-corrected chi connectivity index (χ1v) is 12.8. The average Bonchev–Trinajstić information content (AvgIpc) is 3.54. The third-order valence-corrected chi connectivity index (χ3v) is 8.41. The monoisotopic (exact) mass is 475 g/mol. The highest BCUT2D eigenvalue weighted by atomic mass is 32.2. The highest BCUT2D eigenvalue weighted by Gasteiger charge is 2.31. The van der Waals surface area contributed by atoms with Gasteiger partial charge in [0.05, 0.1) is 11.7 Å². The van der Waals surface area contributed by atoms with Gasteiger partial charge in [0.25, 0.3) is 5.56 Å². The van der Waals surface area contributed by atoms with Crippen LogP contribution >= 0.6 is 23.1 Å². The van der Waals surface area contributed by atoms with Crippen molar-refractivity contribution in [1.82, 2.24) is 19.5 Å². The minimum atomic E-state index is -0.172. The van der Waals surface area contributed by atoms with E-state index in [0.717, 1.165) is 67.8 Å². The summed E-state index contributed by atoms with van der Waals surface area (Å²) in [4.78, 5) is 40.7. The van der Waals surface area contributed by atoms with Crippen molar-refractivity contribution >= 4 is 45.0 Å². The molecule has 2 aliphatic rings. The molecule has 0 fully saturated rings. The molecule has 0 bridgehead atoms. The second-order valence-electron chi connectivity index (χ2n) is 8.39. The Kier molecular flexibility index (Phi) is 5.03. The maximum Gasteiger partial charge on any atom is 0.257 e. The number of nitrogens with zero attached hydrogens (tertiary/aromatic N) is 4. The van der Waals surface area contributed by atoms with E-state index < -0.39 is 0 Å². The maximum atomic E-state index is 13.0. The lowest BCUT2D eigenvalue weighted by Crippen LogP contribution is -2.30. The first-order valence-electron chi connectivity index (χ1n) is 11.0. The zero-order valence-electron chi connectivity index (χ0n) is 18.0. The van der Waals surface area contributed by atoms with E-state index >= 15 is 0 Å². The van der Waals surface area contributed by atoms with E-state index in [9.17, 15) is 9.59 Å². The number of thiazole rings is 1. The van der Waals surface area contributed by atoms with Crippen molar-refractivity contribution in [2.75, 3.05) is 11.1 Å². The average molecular weight is 476 g/mol. The topological polar surface area (TPSA) is 89.8 Å². The fourth-order valence-electron chi connectivity index (χ4n) is 4.61. The molecule has 1 N–H and O–H groups in total. The van der Waals surface area contributed by atoms with Crippen molar-refractivity contribution in [1.29, 1.82) is 0 Å². The van der Waals surface area contributed by atoms with Gasteiger partial charge in [0.1, 0.15) is 15.4 Å². The number of fused-ring (bicyclic) bond motifs is 3. The number of amides is 1. The number of carbonyl (C=O) groups excluding carboxylic acids is 1. The van der Waals surface area contributed by atoms with Crippen LogP contribution in [0.3, 0.4) is 0 Å². The smallest absolute Gasteiger partial charge is 0.257 e. The molecule has 0 spiro atoms. The van der Waals surface area contributed by atoms with E-state index in [-0.39, 0.29) is 23.9 Å². The second-order valence-corrected chi connectivity index (χ2v) is 10.4. The molecular weight excluding hydrogens is 454 g/mol. The molecule has 3 aromatic heterocycles. The molecule has 4 heterocycles. The molecular formula is C24H21N5O2S2. The number of nitrogens with one attached hydrogen (secondary N) is 1. The zero-order chi connectivity index (χ0) is 22.5. The van der Waals surface area contributed by atoms with Gasteiger partial charge in [0.15, 0.2) is 5.16 Å². The molecule has 1 aliphatic heterocycles. The number of aromatic nitrogens is 4. The summed E-state index contributed by atoms with van der Waals surface area (Å²) in [5, 5.41) is 4.69. The number of rotatable bonds is 4. The number of aryl methyl sites for hydroxylation is 1. The molecule has 9 heteroatoms. The summed E-state index contributed by atoms with van der Waals surface area (Å²) < 4.78 is 1.74. The van der Waals surface area contributed by atoms with Crippen LogP contribution in [0.2, 0.25) is 0 Å². The predicted molar refractivity (Wildman–Crippen MR) is 131 cm³/mol. The molecule has 1 aliphatic carbocycles. The summed E-state index contributed by atoms with van der Waals surface area (Å²) in [6, 6.07) is 9.50. The van der Waals surface area contributed by atoms with Crippen molar-refractivity contribution in [3.05, 3.63) is 63.7 Å². The zero-order valence-corrected chi connectivity index (χ0v) is 19.6. The van der Waals surface area contributed by atoms with E-state index in [1.807, 2.05) is 37.3 Å². The van der Waals surface area contributed by atoms with E-state index in [4.69, 9.17) is 9.97 Å². The molecule has 1 aromatic carbocycles. The predicted octanol–water partition coefficient (Wildman–Crippen LogP) is 4.39. The Labute approximate surface area is 198 Å². The van der Waals surface area contributed by atoms with Gasteiger partial charge in [-0.2, -0.15) is 0 Å². The van der Waals surface area contributed by atoms with Crippen LogP contribution < -0.4 is 10.9 Å². The molecule has 0 saturated heterocycles. The minimum absolute atomic E-state index is 0.0397. The van der Waals surface area contributed by atoms with Crippen LogP contribution in [0.15, 0.2) is 46.5 Å². The Morgan fingerprint density at radius 2 is 2.12 bits per heavy atom. The van der Waals surface area contributed by atoms with Crippen molar-refractivity contribution in [2.24, 2.45) is 0 Å². The molecule has 6 rings (SSSR count). The number of anilines is 1. The van der Waals surface area contributed by atoms with Gasteiger partial charge >= 0.3 is 0 Å². The summed E-state index contributed by atoms with van der Waals surface area (Å²) in [6.07, 6.45) is 4.66. The van der Waals surface area contributed by atoms with Crippen LogP contribution in [-0.2, 0) is 17.6 Å². The van der Waals surface area contributed by atoms with E-state index in [0.29, 0.717) is 5.75 Å². The van der Waals surface area contributed by atoms with Crippen LogP contribution in [0.5, 0.6) is 0 Å². The summed E-state index contributed by atoms with van der Waals surface area (Å²) in [5.41, 5.74) is 5.39. The number of thioether (sulfide) groups is 1. The lowest BCUT2D eigenvalue weighted by Gasteiger charge is -2.16. The molecule has 0 saturated carbocycles. The number of hydrogen-bond donors (Lipinski definition) is 1. The van der Waals surface area contributed by atoms with Crippen molar-refractivity contribution in [3.8, 4) is 10.6 Å². The van der Waals surface area contributed by atoms with Crippen LogP contribution in [-0.4, -0.2) is 31.2 Å². The van der Waals surface area contributed by atoms with Gasteiger partial charge in [-0.25, -0.2) is 15.0 Å². The number of pyridine rings is 1. The third kappa shape index (κ3) is 3.55. The third-order valence-electron chi connectivity index (χ3n) is 6.30. The summed E-state index contributed by atoms with van der Waals surface area (Å²) in [5.74, 6) is 0.586. The lowest BCUT2D eigenvalue weighted by molar-refractivity contribution is -0.116. The molecule has 0 radical (unpaired) electrons. The van der Waals surface area contributed by atoms with Crippen LogP contribution in [0, 0.1) is 6.92 Å². The molecule has 1 amide bonds. The van der Waals surface area contributed by atoms with Crippen molar-refractivity contribution < 1.29 is 4.79 Å². The molecule has 1 atom stereocenters. The Hall–Kier alpha value is -3.04. The summed E-state index contributed by atoms with van der Waals surface area (Å²) >= 11 is 3.11. The van der Waals surface area contributed by atoms with Crippen LogP contribution in [0.25, 0.3) is 20.9 Å². The maximum absolute atomic E-state index is 13.0. The van der Waals surface area contributed by atoms with Crippen LogP contribution in [0.4, 0.5) is 5.69 Å². The minimum Gasteiger partial charge on any atom is -0.326 e.